The Morgan fingerprint density at radius 3 is 2.53 bits per heavy atom. The van der Waals surface area contributed by atoms with Crippen molar-refractivity contribution in [1.29, 1.82) is 0 Å². The first-order chi connectivity index (χ1) is 9.05. The molecule has 1 aliphatic heterocycles. The van der Waals surface area contributed by atoms with E-state index in [1.54, 1.807) is 0 Å². The molecule has 0 aromatic heterocycles. The molecule has 1 aromatic rings. The zero-order chi connectivity index (χ0) is 13.7. The van der Waals surface area contributed by atoms with Crippen molar-refractivity contribution in [2.75, 3.05) is 0 Å². The first-order valence-electron chi connectivity index (χ1n) is 7.47. The van der Waals surface area contributed by atoms with E-state index in [2.05, 4.69) is 52.0 Å². The summed E-state index contributed by atoms with van der Waals surface area (Å²) in [6.07, 6.45) is 3.17. The third kappa shape index (κ3) is 1.63. The molecule has 0 bridgehead atoms. The number of hydrogen-bond acceptors (Lipinski definition) is 2. The van der Waals surface area contributed by atoms with Crippen LogP contribution < -0.4 is 0 Å². The zero-order valence-electron chi connectivity index (χ0n) is 12.4. The summed E-state index contributed by atoms with van der Waals surface area (Å²) in [5, 5.41) is 0. The van der Waals surface area contributed by atoms with Gasteiger partial charge in [-0.05, 0) is 24.0 Å². The maximum atomic E-state index is 6.41. The summed E-state index contributed by atoms with van der Waals surface area (Å²) in [6, 6.07) is 8.69. The number of benzene rings is 1. The summed E-state index contributed by atoms with van der Waals surface area (Å²) in [6.45, 7) is 8.93. The average molecular weight is 260 g/mol. The van der Waals surface area contributed by atoms with Crippen molar-refractivity contribution >= 4 is 0 Å². The average Bonchev–Trinajstić information content (AvgIpc) is 2.38. The van der Waals surface area contributed by atoms with E-state index in [4.69, 9.17) is 9.47 Å². The lowest BCUT2D eigenvalue weighted by Gasteiger charge is -2.60. The van der Waals surface area contributed by atoms with Crippen LogP contribution in [0.25, 0.3) is 0 Å². The lowest BCUT2D eigenvalue weighted by molar-refractivity contribution is -0.350. The van der Waals surface area contributed by atoms with Gasteiger partial charge in [0.25, 0.3) is 0 Å². The molecule has 1 aromatic carbocycles. The minimum Gasteiger partial charge on any atom is -0.349 e. The Kier molecular flexibility index (Phi) is 2.99. The summed E-state index contributed by atoms with van der Waals surface area (Å²) in [5.41, 5.74) is 2.67. The summed E-state index contributed by atoms with van der Waals surface area (Å²) >= 11 is 0. The van der Waals surface area contributed by atoms with E-state index in [1.807, 2.05) is 0 Å². The Morgan fingerprint density at radius 2 is 1.89 bits per heavy atom. The van der Waals surface area contributed by atoms with E-state index < -0.39 is 0 Å². The van der Waals surface area contributed by atoms with Crippen LogP contribution in [0.5, 0.6) is 0 Å². The molecular weight excluding hydrogens is 236 g/mol. The molecule has 0 amide bonds. The fraction of sp³-hybridized carbons (Fsp3) is 0.647. The molecule has 3 rings (SSSR count). The number of hydrogen-bond donors (Lipinski definition) is 0. The van der Waals surface area contributed by atoms with Crippen LogP contribution in [0.1, 0.15) is 51.7 Å². The maximum Gasteiger partial charge on any atom is 0.158 e. The van der Waals surface area contributed by atoms with Crippen molar-refractivity contribution in [3.8, 4) is 0 Å². The minimum atomic E-state index is -0.150. The lowest BCUT2D eigenvalue weighted by Crippen LogP contribution is -2.63. The molecule has 1 aliphatic carbocycles. The maximum absolute atomic E-state index is 6.41. The topological polar surface area (TPSA) is 18.5 Å². The van der Waals surface area contributed by atoms with E-state index in [0.717, 1.165) is 19.3 Å². The van der Waals surface area contributed by atoms with Gasteiger partial charge >= 0.3 is 0 Å². The molecule has 2 aliphatic rings. The van der Waals surface area contributed by atoms with Gasteiger partial charge in [0.15, 0.2) is 6.29 Å². The third-order valence-electron chi connectivity index (χ3n) is 5.09. The van der Waals surface area contributed by atoms with Crippen molar-refractivity contribution in [3.05, 3.63) is 35.4 Å². The van der Waals surface area contributed by atoms with Crippen LogP contribution >= 0.6 is 0 Å². The molecule has 0 radical (unpaired) electrons. The molecule has 2 nitrogen and oxygen atoms in total. The highest BCUT2D eigenvalue weighted by Gasteiger charge is 2.61. The van der Waals surface area contributed by atoms with E-state index in [1.165, 1.54) is 11.1 Å². The van der Waals surface area contributed by atoms with Gasteiger partial charge in [0.05, 0.1) is 6.10 Å². The van der Waals surface area contributed by atoms with Gasteiger partial charge < -0.3 is 9.47 Å². The Hall–Kier alpha value is -0.860. The van der Waals surface area contributed by atoms with Crippen molar-refractivity contribution in [2.45, 2.75) is 65.0 Å². The van der Waals surface area contributed by atoms with Gasteiger partial charge in [-0.3, -0.25) is 0 Å². The Bertz CT molecular complexity index is 480. The van der Waals surface area contributed by atoms with E-state index in [-0.39, 0.29) is 23.4 Å². The SMILES string of the molecule is CCC1O[C@H](CC)C(C)(C)[C@]2(Cc3ccccc32)O1. The summed E-state index contributed by atoms with van der Waals surface area (Å²) < 4.78 is 12.5. The fourth-order valence-corrected chi connectivity index (χ4v) is 3.81. The van der Waals surface area contributed by atoms with Gasteiger partial charge in [-0.15, -0.1) is 0 Å². The van der Waals surface area contributed by atoms with E-state index in [9.17, 15) is 0 Å². The van der Waals surface area contributed by atoms with Crippen LogP contribution in [0.2, 0.25) is 0 Å². The second-order valence-electron chi connectivity index (χ2n) is 6.37. The molecule has 3 atom stereocenters. The molecule has 0 saturated carbocycles. The summed E-state index contributed by atoms with van der Waals surface area (Å²) in [4.78, 5) is 0. The highest BCUT2D eigenvalue weighted by Crippen LogP contribution is 2.59. The smallest absolute Gasteiger partial charge is 0.158 e. The second-order valence-corrected chi connectivity index (χ2v) is 6.37. The van der Waals surface area contributed by atoms with Gasteiger partial charge in [0.2, 0.25) is 0 Å². The van der Waals surface area contributed by atoms with Gasteiger partial charge in [-0.25, -0.2) is 0 Å². The highest BCUT2D eigenvalue weighted by molar-refractivity contribution is 5.45. The predicted octanol–water partition coefficient (Wildman–Crippen LogP) is 4.03. The second kappa shape index (κ2) is 4.32. The molecule has 104 valence electrons. The monoisotopic (exact) mass is 260 g/mol. The first kappa shape index (κ1) is 13.1. The van der Waals surface area contributed by atoms with Crippen LogP contribution in [0, 0.1) is 5.41 Å². The molecule has 19 heavy (non-hydrogen) atoms. The van der Waals surface area contributed by atoms with Crippen molar-refractivity contribution < 1.29 is 9.47 Å². The van der Waals surface area contributed by atoms with Crippen molar-refractivity contribution in [2.24, 2.45) is 5.41 Å². The largest absolute Gasteiger partial charge is 0.349 e. The van der Waals surface area contributed by atoms with Crippen LogP contribution in [0.4, 0.5) is 0 Å². The van der Waals surface area contributed by atoms with Crippen LogP contribution in [-0.2, 0) is 21.5 Å². The zero-order valence-corrected chi connectivity index (χ0v) is 12.4. The quantitative estimate of drug-likeness (QED) is 0.799. The predicted molar refractivity (Wildman–Crippen MR) is 75.9 cm³/mol. The molecule has 1 spiro atoms. The molecule has 0 N–H and O–H groups in total. The normalized spacial score (nSPS) is 35.8. The number of fused-ring (bicyclic) bond motifs is 2. The Labute approximate surface area is 116 Å². The van der Waals surface area contributed by atoms with Gasteiger partial charge in [0.1, 0.15) is 5.60 Å². The standard InChI is InChI=1S/C17H24O2/c1-5-14-16(3,4)17(19-15(6-2)18-14)11-12-9-7-8-10-13(12)17/h7-10,14-15H,5-6,11H2,1-4H3/t14-,15?,17-/m1/s1. The lowest BCUT2D eigenvalue weighted by atomic mass is 9.56. The van der Waals surface area contributed by atoms with Gasteiger partial charge in [-0.1, -0.05) is 52.0 Å². The van der Waals surface area contributed by atoms with E-state index in [0.29, 0.717) is 0 Å². The first-order valence-corrected chi connectivity index (χ1v) is 7.47. The third-order valence-corrected chi connectivity index (χ3v) is 5.09. The molecule has 1 unspecified atom stereocenters. The summed E-state index contributed by atoms with van der Waals surface area (Å²) in [5.74, 6) is 0. The number of rotatable bonds is 2. The van der Waals surface area contributed by atoms with Gasteiger partial charge in [-0.2, -0.15) is 0 Å². The Morgan fingerprint density at radius 1 is 1.16 bits per heavy atom. The van der Waals surface area contributed by atoms with E-state index >= 15 is 0 Å². The van der Waals surface area contributed by atoms with Crippen LogP contribution in [0.15, 0.2) is 24.3 Å². The molecule has 1 saturated heterocycles. The van der Waals surface area contributed by atoms with Crippen LogP contribution in [-0.4, -0.2) is 12.4 Å². The van der Waals surface area contributed by atoms with Gasteiger partial charge in [0, 0.05) is 11.8 Å². The van der Waals surface area contributed by atoms with Crippen molar-refractivity contribution in [1.82, 2.24) is 0 Å². The molecule has 1 heterocycles. The van der Waals surface area contributed by atoms with Crippen molar-refractivity contribution in [3.63, 3.8) is 0 Å². The van der Waals surface area contributed by atoms with Crippen LogP contribution in [0.3, 0.4) is 0 Å². The number of ether oxygens (including phenoxy) is 2. The minimum absolute atomic E-state index is 0.0156. The fourth-order valence-electron chi connectivity index (χ4n) is 3.81. The summed E-state index contributed by atoms with van der Waals surface area (Å²) in [7, 11) is 0. The molecule has 1 fully saturated rings. The molecular formula is C17H24O2. The Balaban J connectivity index is 2.04. The highest BCUT2D eigenvalue weighted by atomic mass is 16.7. The molecule has 2 heteroatoms.